The summed E-state index contributed by atoms with van der Waals surface area (Å²) in [5.41, 5.74) is 2.27. The molecule has 0 aliphatic heterocycles. The molecule has 0 fully saturated rings. The van der Waals surface area contributed by atoms with Gasteiger partial charge in [0, 0.05) is 53.3 Å². The third-order valence-corrected chi connectivity index (χ3v) is 5.77. The van der Waals surface area contributed by atoms with Crippen LogP contribution in [0.3, 0.4) is 0 Å². The Morgan fingerprint density at radius 1 is 0.741 bits per heavy atom. The first-order chi connectivity index (χ1) is 13.0. The quantitative estimate of drug-likeness (QED) is 0.291. The predicted molar refractivity (Wildman–Crippen MR) is 115 cm³/mol. The SMILES string of the molecule is CCOC(C)(CCOSc1ccc(C)cc1)CCOSc1ccc(C)cc1. The number of aryl methyl sites for hydroxylation is 2. The van der Waals surface area contributed by atoms with Crippen LogP contribution in [-0.2, 0) is 13.1 Å². The van der Waals surface area contributed by atoms with Crippen LogP contribution in [0.25, 0.3) is 0 Å². The van der Waals surface area contributed by atoms with Crippen molar-refractivity contribution in [1.82, 2.24) is 0 Å². The zero-order valence-electron chi connectivity index (χ0n) is 16.7. The molecule has 2 aromatic carbocycles. The third kappa shape index (κ3) is 8.71. The largest absolute Gasteiger partial charge is 0.375 e. The number of ether oxygens (including phenoxy) is 1. The maximum atomic E-state index is 5.99. The van der Waals surface area contributed by atoms with E-state index in [2.05, 4.69) is 69.3 Å². The van der Waals surface area contributed by atoms with E-state index in [0.29, 0.717) is 19.8 Å². The maximum absolute atomic E-state index is 5.99. The van der Waals surface area contributed by atoms with Gasteiger partial charge in [-0.2, -0.15) is 0 Å². The van der Waals surface area contributed by atoms with Gasteiger partial charge in [-0.05, 0) is 52.0 Å². The fraction of sp³-hybridized carbons (Fsp3) is 0.455. The van der Waals surface area contributed by atoms with Crippen molar-refractivity contribution in [2.45, 2.75) is 55.9 Å². The lowest BCUT2D eigenvalue weighted by Gasteiger charge is -2.29. The second-order valence-electron chi connectivity index (χ2n) is 6.82. The van der Waals surface area contributed by atoms with Crippen LogP contribution in [0.15, 0.2) is 58.3 Å². The second kappa shape index (κ2) is 11.8. The fourth-order valence-electron chi connectivity index (χ4n) is 2.54. The first-order valence-electron chi connectivity index (χ1n) is 9.37. The van der Waals surface area contributed by atoms with Gasteiger partial charge >= 0.3 is 0 Å². The molecule has 0 aliphatic rings. The summed E-state index contributed by atoms with van der Waals surface area (Å²) in [6.45, 7) is 10.3. The Morgan fingerprint density at radius 3 is 1.52 bits per heavy atom. The van der Waals surface area contributed by atoms with E-state index < -0.39 is 0 Å². The minimum atomic E-state index is -0.240. The fourth-order valence-corrected chi connectivity index (χ4v) is 3.64. The van der Waals surface area contributed by atoms with Crippen LogP contribution in [-0.4, -0.2) is 25.4 Å². The molecule has 27 heavy (non-hydrogen) atoms. The van der Waals surface area contributed by atoms with Crippen LogP contribution in [0.2, 0.25) is 0 Å². The highest BCUT2D eigenvalue weighted by Crippen LogP contribution is 2.26. The highest BCUT2D eigenvalue weighted by Gasteiger charge is 2.24. The molecule has 0 N–H and O–H groups in total. The van der Waals surface area contributed by atoms with E-state index in [9.17, 15) is 0 Å². The minimum absolute atomic E-state index is 0.240. The Kier molecular flexibility index (Phi) is 9.73. The topological polar surface area (TPSA) is 27.7 Å². The molecular weight excluding hydrogens is 376 g/mol. The molecule has 5 heteroatoms. The molecule has 0 unspecified atom stereocenters. The van der Waals surface area contributed by atoms with Crippen LogP contribution >= 0.6 is 24.1 Å². The Labute approximate surface area is 172 Å². The van der Waals surface area contributed by atoms with Crippen LogP contribution in [0.1, 0.15) is 37.8 Å². The summed E-state index contributed by atoms with van der Waals surface area (Å²) in [6.07, 6.45) is 1.66. The smallest absolute Gasteiger partial charge is 0.0699 e. The van der Waals surface area contributed by atoms with Crippen molar-refractivity contribution >= 4 is 24.1 Å². The van der Waals surface area contributed by atoms with Crippen LogP contribution in [0.5, 0.6) is 0 Å². The molecule has 148 valence electrons. The van der Waals surface area contributed by atoms with Crippen molar-refractivity contribution in [3.63, 3.8) is 0 Å². The number of hydrogen-bond acceptors (Lipinski definition) is 5. The van der Waals surface area contributed by atoms with Crippen molar-refractivity contribution in [3.05, 3.63) is 59.7 Å². The van der Waals surface area contributed by atoms with E-state index in [0.717, 1.165) is 22.6 Å². The van der Waals surface area contributed by atoms with E-state index in [1.807, 2.05) is 6.92 Å². The average molecular weight is 407 g/mol. The van der Waals surface area contributed by atoms with E-state index in [1.54, 1.807) is 0 Å². The second-order valence-corrected chi connectivity index (χ2v) is 8.57. The van der Waals surface area contributed by atoms with Crippen molar-refractivity contribution in [2.75, 3.05) is 19.8 Å². The molecule has 3 nitrogen and oxygen atoms in total. The Balaban J connectivity index is 1.69. The van der Waals surface area contributed by atoms with Crippen molar-refractivity contribution < 1.29 is 13.1 Å². The Hall–Kier alpha value is -0.980. The molecule has 0 bridgehead atoms. The normalized spacial score (nSPS) is 11.7. The van der Waals surface area contributed by atoms with Crippen LogP contribution in [0, 0.1) is 13.8 Å². The van der Waals surface area contributed by atoms with Crippen LogP contribution in [0.4, 0.5) is 0 Å². The highest BCUT2D eigenvalue weighted by atomic mass is 32.2. The summed E-state index contributed by atoms with van der Waals surface area (Å²) in [5.74, 6) is 0. The van der Waals surface area contributed by atoms with E-state index >= 15 is 0 Å². The molecule has 2 aromatic rings. The Morgan fingerprint density at radius 2 is 1.15 bits per heavy atom. The van der Waals surface area contributed by atoms with Crippen LogP contribution < -0.4 is 0 Å². The van der Waals surface area contributed by atoms with Gasteiger partial charge in [0.2, 0.25) is 0 Å². The van der Waals surface area contributed by atoms with Gasteiger partial charge in [0.25, 0.3) is 0 Å². The first-order valence-corrected chi connectivity index (χ1v) is 10.9. The standard InChI is InChI=1S/C22H30O3S2/c1-5-23-22(4,14-16-24-26-20-10-6-18(2)7-11-20)15-17-25-27-21-12-8-19(3)9-13-21/h6-13H,5,14-17H2,1-4H3. The summed E-state index contributed by atoms with van der Waals surface area (Å²) in [6, 6.07) is 16.7. The lowest BCUT2D eigenvalue weighted by Crippen LogP contribution is -2.31. The molecule has 0 aliphatic carbocycles. The van der Waals surface area contributed by atoms with Gasteiger partial charge in [-0.25, -0.2) is 0 Å². The summed E-state index contributed by atoms with van der Waals surface area (Å²) in [4.78, 5) is 2.24. The van der Waals surface area contributed by atoms with E-state index in [4.69, 9.17) is 13.1 Å². The lowest BCUT2D eigenvalue weighted by atomic mass is 9.99. The van der Waals surface area contributed by atoms with Gasteiger partial charge in [-0.3, -0.25) is 0 Å². The molecule has 0 heterocycles. The summed E-state index contributed by atoms with van der Waals surface area (Å²) in [7, 11) is 0. The molecule has 0 atom stereocenters. The molecular formula is C22H30O3S2. The van der Waals surface area contributed by atoms with Crippen molar-refractivity contribution in [3.8, 4) is 0 Å². The van der Waals surface area contributed by atoms with Gasteiger partial charge in [0.05, 0.1) is 18.8 Å². The summed E-state index contributed by atoms with van der Waals surface area (Å²) < 4.78 is 17.5. The molecule has 0 amide bonds. The van der Waals surface area contributed by atoms with Crippen molar-refractivity contribution in [2.24, 2.45) is 0 Å². The number of hydrogen-bond donors (Lipinski definition) is 0. The zero-order valence-corrected chi connectivity index (χ0v) is 18.3. The molecule has 0 aromatic heterocycles. The third-order valence-electron chi connectivity index (χ3n) is 4.27. The van der Waals surface area contributed by atoms with Gasteiger partial charge < -0.3 is 13.1 Å². The monoisotopic (exact) mass is 406 g/mol. The number of rotatable bonds is 12. The molecule has 0 saturated carbocycles. The van der Waals surface area contributed by atoms with Gasteiger partial charge in [0.1, 0.15) is 0 Å². The molecule has 2 rings (SSSR count). The predicted octanol–water partition coefficient (Wildman–Crippen LogP) is 6.63. The van der Waals surface area contributed by atoms with Gasteiger partial charge in [-0.15, -0.1) is 0 Å². The van der Waals surface area contributed by atoms with Gasteiger partial charge in [0.15, 0.2) is 0 Å². The molecule has 0 spiro atoms. The maximum Gasteiger partial charge on any atom is 0.0699 e. The lowest BCUT2D eigenvalue weighted by molar-refractivity contribution is -0.0487. The minimum Gasteiger partial charge on any atom is -0.375 e. The zero-order chi connectivity index (χ0) is 19.5. The summed E-state index contributed by atoms with van der Waals surface area (Å²) in [5, 5.41) is 0. The summed E-state index contributed by atoms with van der Waals surface area (Å²) >= 11 is 2.85. The highest BCUT2D eigenvalue weighted by molar-refractivity contribution is 7.94. The average Bonchev–Trinajstić information content (AvgIpc) is 2.66. The van der Waals surface area contributed by atoms with E-state index in [-0.39, 0.29) is 5.60 Å². The number of benzene rings is 2. The molecule has 0 saturated heterocycles. The van der Waals surface area contributed by atoms with Crippen molar-refractivity contribution in [1.29, 1.82) is 0 Å². The van der Waals surface area contributed by atoms with E-state index in [1.165, 1.54) is 35.2 Å². The van der Waals surface area contributed by atoms with Gasteiger partial charge in [-0.1, -0.05) is 35.4 Å². The Bertz CT molecular complexity index is 603. The molecule has 0 radical (unpaired) electrons. The first kappa shape index (κ1) is 22.3.